The van der Waals surface area contributed by atoms with Crippen molar-refractivity contribution in [2.75, 3.05) is 26.7 Å². The van der Waals surface area contributed by atoms with E-state index >= 15 is 0 Å². The van der Waals surface area contributed by atoms with Gasteiger partial charge in [0.2, 0.25) is 0 Å². The number of carbonyl (C=O) groups is 1. The van der Waals surface area contributed by atoms with Crippen LogP contribution in [0.4, 0.5) is 4.79 Å². The summed E-state index contributed by atoms with van der Waals surface area (Å²) >= 11 is 0. The lowest BCUT2D eigenvalue weighted by atomic mass is 9.87. The third-order valence-corrected chi connectivity index (χ3v) is 4.03. The molecule has 1 aromatic carbocycles. The number of amides is 1. The molecule has 1 aliphatic heterocycles. The van der Waals surface area contributed by atoms with E-state index in [1.54, 1.807) is 0 Å². The highest BCUT2D eigenvalue weighted by atomic mass is 16.5. The lowest BCUT2D eigenvalue weighted by molar-refractivity contribution is 0.143. The third kappa shape index (κ3) is 3.73. The third-order valence-electron chi connectivity index (χ3n) is 4.03. The summed E-state index contributed by atoms with van der Waals surface area (Å²) in [6, 6.07) is 8.87. The Morgan fingerprint density at radius 1 is 1.35 bits per heavy atom. The van der Waals surface area contributed by atoms with Crippen LogP contribution in [0.2, 0.25) is 0 Å². The minimum Gasteiger partial charge on any atom is -0.453 e. The van der Waals surface area contributed by atoms with Crippen molar-refractivity contribution in [3.05, 3.63) is 35.4 Å². The number of carbonyl (C=O) groups excluding carboxylic acids is 1. The van der Waals surface area contributed by atoms with Gasteiger partial charge in [-0.2, -0.15) is 0 Å². The summed E-state index contributed by atoms with van der Waals surface area (Å²) in [5.41, 5.74) is 2.63. The fourth-order valence-electron chi connectivity index (χ4n) is 2.86. The summed E-state index contributed by atoms with van der Waals surface area (Å²) in [6.07, 6.45) is 0.630. The first kappa shape index (κ1) is 14.9. The van der Waals surface area contributed by atoms with Crippen molar-refractivity contribution >= 4 is 6.09 Å². The van der Waals surface area contributed by atoms with E-state index in [4.69, 9.17) is 4.74 Å². The van der Waals surface area contributed by atoms with Crippen molar-refractivity contribution in [3.63, 3.8) is 0 Å². The zero-order chi connectivity index (χ0) is 14.5. The Kier molecular flexibility index (Phi) is 5.01. The monoisotopic (exact) mass is 276 g/mol. The van der Waals surface area contributed by atoms with Crippen LogP contribution in [0.25, 0.3) is 0 Å². The lowest BCUT2D eigenvalue weighted by Gasteiger charge is -2.37. The van der Waals surface area contributed by atoms with Gasteiger partial charge in [-0.15, -0.1) is 0 Å². The van der Waals surface area contributed by atoms with E-state index in [1.165, 1.54) is 18.2 Å². The zero-order valence-corrected chi connectivity index (χ0v) is 12.6. The fourth-order valence-corrected chi connectivity index (χ4v) is 2.86. The Hall–Kier alpha value is -1.55. The first-order chi connectivity index (χ1) is 9.62. The number of piperidine rings is 1. The Morgan fingerprint density at radius 3 is 2.65 bits per heavy atom. The minimum absolute atomic E-state index is 0.155. The highest BCUT2D eigenvalue weighted by molar-refractivity contribution is 5.67. The van der Waals surface area contributed by atoms with E-state index in [1.807, 2.05) is 0 Å². The molecule has 0 spiro atoms. The molecule has 2 atom stereocenters. The number of likely N-dealkylation sites (tertiary alicyclic amines) is 1. The molecule has 1 fully saturated rings. The molecule has 20 heavy (non-hydrogen) atoms. The van der Waals surface area contributed by atoms with Gasteiger partial charge in [0.25, 0.3) is 0 Å². The largest absolute Gasteiger partial charge is 0.453 e. The minimum atomic E-state index is -0.337. The maximum Gasteiger partial charge on any atom is 0.407 e. The number of hydrogen-bond acceptors (Lipinski definition) is 3. The predicted octanol–water partition coefficient (Wildman–Crippen LogP) is 2.53. The summed E-state index contributed by atoms with van der Waals surface area (Å²) in [7, 11) is 1.41. The van der Waals surface area contributed by atoms with E-state index in [9.17, 15) is 4.79 Å². The summed E-state index contributed by atoms with van der Waals surface area (Å²) in [5, 5.41) is 2.94. The first-order valence-electron chi connectivity index (χ1n) is 7.25. The lowest BCUT2D eigenvalue weighted by Crippen LogP contribution is -2.50. The molecule has 4 heteroatoms. The number of methoxy groups -OCH3 is 1. The molecule has 110 valence electrons. The van der Waals surface area contributed by atoms with Crippen molar-refractivity contribution in [1.29, 1.82) is 0 Å². The molecule has 0 aromatic heterocycles. The molecule has 1 aromatic rings. The van der Waals surface area contributed by atoms with Crippen LogP contribution in [0.1, 0.15) is 30.4 Å². The first-order valence-corrected chi connectivity index (χ1v) is 7.25. The molecular formula is C16H24N2O2. The number of alkyl carbamates (subject to hydrolysis) is 1. The molecule has 2 rings (SSSR count). The molecule has 4 nitrogen and oxygen atoms in total. The summed E-state index contributed by atoms with van der Waals surface area (Å²) in [4.78, 5) is 13.8. The number of likely N-dealkylation sites (N-methyl/N-ethyl adjacent to an activating group) is 1. The number of rotatable bonds is 3. The van der Waals surface area contributed by atoms with Crippen molar-refractivity contribution in [1.82, 2.24) is 10.2 Å². The standard InChI is InChI=1S/C16H24N2O2/c1-4-18-10-14(13-7-5-12(2)6-8-13)9-15(11-18)17-16(19)20-3/h5-8,14-15H,4,9-11H2,1-3H3,(H,17,19). The van der Waals surface area contributed by atoms with Gasteiger partial charge in [0.1, 0.15) is 0 Å². The highest BCUT2D eigenvalue weighted by Gasteiger charge is 2.28. The average molecular weight is 276 g/mol. The van der Waals surface area contributed by atoms with Gasteiger partial charge in [-0.05, 0) is 31.4 Å². The van der Waals surface area contributed by atoms with Crippen LogP contribution in [0.5, 0.6) is 0 Å². The second-order valence-electron chi connectivity index (χ2n) is 5.53. The summed E-state index contributed by atoms with van der Waals surface area (Å²) in [5.74, 6) is 0.464. The molecule has 1 heterocycles. The van der Waals surface area contributed by atoms with E-state index in [-0.39, 0.29) is 12.1 Å². The second kappa shape index (κ2) is 6.75. The van der Waals surface area contributed by atoms with Crippen LogP contribution >= 0.6 is 0 Å². The Labute approximate surface area is 121 Å². The van der Waals surface area contributed by atoms with Gasteiger partial charge in [-0.3, -0.25) is 0 Å². The molecule has 1 N–H and O–H groups in total. The molecule has 0 bridgehead atoms. The number of nitrogens with zero attached hydrogens (tertiary/aromatic N) is 1. The normalized spacial score (nSPS) is 23.4. The fraction of sp³-hybridized carbons (Fsp3) is 0.562. The average Bonchev–Trinajstić information content (AvgIpc) is 2.47. The van der Waals surface area contributed by atoms with Gasteiger partial charge in [0.15, 0.2) is 0 Å². The van der Waals surface area contributed by atoms with Crippen LogP contribution in [-0.4, -0.2) is 43.8 Å². The van der Waals surface area contributed by atoms with Gasteiger partial charge >= 0.3 is 6.09 Å². The molecule has 0 aliphatic carbocycles. The molecular weight excluding hydrogens is 252 g/mol. The Balaban J connectivity index is 2.08. The topological polar surface area (TPSA) is 41.6 Å². The smallest absolute Gasteiger partial charge is 0.407 e. The number of hydrogen-bond donors (Lipinski definition) is 1. The predicted molar refractivity (Wildman–Crippen MR) is 80.0 cm³/mol. The Bertz CT molecular complexity index is 444. The molecule has 2 unspecified atom stereocenters. The van der Waals surface area contributed by atoms with Crippen LogP contribution in [0, 0.1) is 6.92 Å². The number of nitrogens with one attached hydrogen (secondary N) is 1. The van der Waals surface area contributed by atoms with E-state index in [0.29, 0.717) is 5.92 Å². The van der Waals surface area contributed by atoms with E-state index < -0.39 is 0 Å². The van der Waals surface area contributed by atoms with Gasteiger partial charge in [-0.25, -0.2) is 4.79 Å². The van der Waals surface area contributed by atoms with Crippen LogP contribution in [-0.2, 0) is 4.74 Å². The number of ether oxygens (including phenoxy) is 1. The van der Waals surface area contributed by atoms with Crippen molar-refractivity contribution in [3.8, 4) is 0 Å². The van der Waals surface area contributed by atoms with Crippen molar-refractivity contribution in [2.45, 2.75) is 32.2 Å². The van der Waals surface area contributed by atoms with Gasteiger partial charge in [0.05, 0.1) is 7.11 Å². The van der Waals surface area contributed by atoms with Crippen LogP contribution < -0.4 is 5.32 Å². The Morgan fingerprint density at radius 2 is 2.05 bits per heavy atom. The maximum atomic E-state index is 11.4. The quantitative estimate of drug-likeness (QED) is 0.922. The number of benzene rings is 1. The molecule has 0 saturated carbocycles. The van der Waals surface area contributed by atoms with Gasteiger partial charge in [-0.1, -0.05) is 36.8 Å². The maximum absolute atomic E-state index is 11.4. The van der Waals surface area contributed by atoms with Gasteiger partial charge in [0, 0.05) is 19.1 Å². The van der Waals surface area contributed by atoms with Crippen molar-refractivity contribution < 1.29 is 9.53 Å². The van der Waals surface area contributed by atoms with Crippen LogP contribution in [0.15, 0.2) is 24.3 Å². The van der Waals surface area contributed by atoms with Crippen LogP contribution in [0.3, 0.4) is 0 Å². The molecule has 0 radical (unpaired) electrons. The van der Waals surface area contributed by atoms with E-state index in [0.717, 1.165) is 26.1 Å². The SMILES string of the molecule is CCN1CC(NC(=O)OC)CC(c2ccc(C)cc2)C1. The zero-order valence-electron chi connectivity index (χ0n) is 12.6. The molecule has 1 amide bonds. The van der Waals surface area contributed by atoms with Gasteiger partial charge < -0.3 is 15.0 Å². The second-order valence-corrected chi connectivity index (χ2v) is 5.53. The van der Waals surface area contributed by atoms with E-state index in [2.05, 4.69) is 48.3 Å². The summed E-state index contributed by atoms with van der Waals surface area (Å²) < 4.78 is 4.71. The summed E-state index contributed by atoms with van der Waals surface area (Å²) in [6.45, 7) is 7.21. The van der Waals surface area contributed by atoms with Crippen molar-refractivity contribution in [2.24, 2.45) is 0 Å². The number of aryl methyl sites for hydroxylation is 1. The molecule has 1 saturated heterocycles. The highest BCUT2D eigenvalue weighted by Crippen LogP contribution is 2.27. The molecule has 1 aliphatic rings.